The molecule has 2 rings (SSSR count). The predicted octanol–water partition coefficient (Wildman–Crippen LogP) is 2.60. The molecule has 4 heteroatoms. The molecule has 100 valence electrons. The quantitative estimate of drug-likeness (QED) is 0.748. The van der Waals surface area contributed by atoms with Crippen LogP contribution in [-0.2, 0) is 6.54 Å². The third-order valence-electron chi connectivity index (χ3n) is 2.84. The molecule has 0 unspecified atom stereocenters. The van der Waals surface area contributed by atoms with Gasteiger partial charge >= 0.3 is 0 Å². The smallest absolute Gasteiger partial charge is 0.211 e. The maximum atomic E-state index is 11.9. The normalized spacial score (nSPS) is 10.7. The number of rotatable bonds is 6. The minimum Gasteiger partial charge on any atom is -0.496 e. The zero-order chi connectivity index (χ0) is 13.7. The number of nitrogens with zero attached hydrogens (tertiary/aromatic N) is 1. The first-order chi connectivity index (χ1) is 9.20. The monoisotopic (exact) mass is 259 g/mol. The van der Waals surface area contributed by atoms with Crippen molar-refractivity contribution in [1.82, 2.24) is 4.90 Å². The van der Waals surface area contributed by atoms with E-state index in [1.807, 2.05) is 36.2 Å². The van der Waals surface area contributed by atoms with Gasteiger partial charge in [0.15, 0.2) is 5.76 Å². The van der Waals surface area contributed by atoms with Crippen LogP contribution in [-0.4, -0.2) is 31.4 Å². The van der Waals surface area contributed by atoms with Gasteiger partial charge in [0.05, 0.1) is 19.9 Å². The molecule has 4 nitrogen and oxygen atoms in total. The molecule has 0 N–H and O–H groups in total. The van der Waals surface area contributed by atoms with Gasteiger partial charge in [-0.1, -0.05) is 18.2 Å². The highest BCUT2D eigenvalue weighted by molar-refractivity contribution is 5.94. The summed E-state index contributed by atoms with van der Waals surface area (Å²) >= 11 is 0. The van der Waals surface area contributed by atoms with Crippen molar-refractivity contribution in [2.75, 3.05) is 20.7 Å². The largest absolute Gasteiger partial charge is 0.496 e. The lowest BCUT2D eigenvalue weighted by molar-refractivity contribution is 0.0915. The number of ketones is 1. The van der Waals surface area contributed by atoms with Gasteiger partial charge in [0.1, 0.15) is 5.75 Å². The van der Waals surface area contributed by atoms with Crippen LogP contribution in [0.3, 0.4) is 0 Å². The molecule has 0 fully saturated rings. The Hall–Kier alpha value is -2.07. The van der Waals surface area contributed by atoms with Crippen LogP contribution in [0.2, 0.25) is 0 Å². The standard InChI is InChI=1S/C15H17NO3/c1-16(11-13(17)15-8-5-9-19-15)10-12-6-3-4-7-14(12)18-2/h3-9H,10-11H2,1-2H3. The average molecular weight is 259 g/mol. The maximum absolute atomic E-state index is 11.9. The van der Waals surface area contributed by atoms with Gasteiger partial charge in [-0.15, -0.1) is 0 Å². The van der Waals surface area contributed by atoms with Crippen molar-refractivity contribution in [3.8, 4) is 5.75 Å². The van der Waals surface area contributed by atoms with Gasteiger partial charge in [-0.25, -0.2) is 0 Å². The van der Waals surface area contributed by atoms with Crippen LogP contribution >= 0.6 is 0 Å². The van der Waals surface area contributed by atoms with Gasteiger partial charge in [0.25, 0.3) is 0 Å². The zero-order valence-electron chi connectivity index (χ0n) is 11.1. The Kier molecular flexibility index (Phi) is 4.36. The number of hydrogen-bond acceptors (Lipinski definition) is 4. The molecular weight excluding hydrogens is 242 g/mol. The van der Waals surface area contributed by atoms with Crippen LogP contribution in [0.5, 0.6) is 5.75 Å². The molecule has 0 aliphatic rings. The van der Waals surface area contributed by atoms with Crippen LogP contribution in [0.4, 0.5) is 0 Å². The van der Waals surface area contributed by atoms with E-state index in [1.54, 1.807) is 19.2 Å². The molecule has 0 saturated heterocycles. The van der Waals surface area contributed by atoms with E-state index in [2.05, 4.69) is 0 Å². The molecule has 1 aromatic carbocycles. The van der Waals surface area contributed by atoms with Crippen molar-refractivity contribution in [3.05, 3.63) is 54.0 Å². The Morgan fingerprint density at radius 3 is 2.74 bits per heavy atom. The summed E-state index contributed by atoms with van der Waals surface area (Å²) in [6.45, 7) is 0.960. The SMILES string of the molecule is COc1ccccc1CN(C)CC(=O)c1ccco1. The molecule has 0 saturated carbocycles. The third kappa shape index (κ3) is 3.45. The lowest BCUT2D eigenvalue weighted by Gasteiger charge is -2.17. The van der Waals surface area contributed by atoms with Crippen LogP contribution in [0.25, 0.3) is 0 Å². The average Bonchev–Trinajstić information content (AvgIpc) is 2.93. The van der Waals surface area contributed by atoms with Crippen LogP contribution in [0, 0.1) is 0 Å². The lowest BCUT2D eigenvalue weighted by atomic mass is 10.2. The molecule has 2 aromatic rings. The van der Waals surface area contributed by atoms with Gasteiger partial charge in [-0.2, -0.15) is 0 Å². The molecule has 0 amide bonds. The van der Waals surface area contributed by atoms with Crippen molar-refractivity contribution in [2.45, 2.75) is 6.54 Å². The van der Waals surface area contributed by atoms with Crippen molar-refractivity contribution in [1.29, 1.82) is 0 Å². The molecule has 0 atom stereocenters. The number of hydrogen-bond donors (Lipinski definition) is 0. The first kappa shape index (κ1) is 13.4. The first-order valence-corrected chi connectivity index (χ1v) is 6.08. The summed E-state index contributed by atoms with van der Waals surface area (Å²) < 4.78 is 10.4. The van der Waals surface area contributed by atoms with Crippen LogP contribution < -0.4 is 4.74 Å². The van der Waals surface area contributed by atoms with Crippen LogP contribution in [0.15, 0.2) is 47.1 Å². The molecule has 1 heterocycles. The summed E-state index contributed by atoms with van der Waals surface area (Å²) in [5, 5.41) is 0. The minimum absolute atomic E-state index is 0.0256. The number of methoxy groups -OCH3 is 1. The fourth-order valence-electron chi connectivity index (χ4n) is 1.94. The van der Waals surface area contributed by atoms with E-state index in [-0.39, 0.29) is 5.78 Å². The number of furan rings is 1. The fraction of sp³-hybridized carbons (Fsp3) is 0.267. The second-order valence-corrected chi connectivity index (χ2v) is 4.38. The Bertz CT molecular complexity index is 534. The van der Waals surface area contributed by atoms with E-state index in [0.717, 1.165) is 11.3 Å². The van der Waals surface area contributed by atoms with E-state index >= 15 is 0 Å². The topological polar surface area (TPSA) is 42.7 Å². The number of likely N-dealkylation sites (N-methyl/N-ethyl adjacent to an activating group) is 1. The van der Waals surface area contributed by atoms with Gasteiger partial charge in [0, 0.05) is 12.1 Å². The third-order valence-corrected chi connectivity index (χ3v) is 2.84. The van der Waals surface area contributed by atoms with Crippen LogP contribution in [0.1, 0.15) is 16.1 Å². The first-order valence-electron chi connectivity index (χ1n) is 6.08. The summed E-state index contributed by atoms with van der Waals surface area (Å²) in [6, 6.07) is 11.2. The van der Waals surface area contributed by atoms with E-state index < -0.39 is 0 Å². The lowest BCUT2D eigenvalue weighted by Crippen LogP contribution is -2.25. The maximum Gasteiger partial charge on any atom is 0.211 e. The van der Waals surface area contributed by atoms with Crippen molar-refractivity contribution < 1.29 is 13.9 Å². The highest BCUT2D eigenvalue weighted by Crippen LogP contribution is 2.18. The fourth-order valence-corrected chi connectivity index (χ4v) is 1.94. The zero-order valence-corrected chi connectivity index (χ0v) is 11.1. The van der Waals surface area contributed by atoms with Crippen molar-refractivity contribution in [2.24, 2.45) is 0 Å². The number of carbonyl (C=O) groups excluding carboxylic acids is 1. The Balaban J connectivity index is 1.97. The van der Waals surface area contributed by atoms with Crippen molar-refractivity contribution in [3.63, 3.8) is 0 Å². The van der Waals surface area contributed by atoms with Gasteiger partial charge < -0.3 is 9.15 Å². The molecular formula is C15H17NO3. The Morgan fingerprint density at radius 1 is 1.26 bits per heavy atom. The van der Waals surface area contributed by atoms with Crippen molar-refractivity contribution >= 4 is 5.78 Å². The summed E-state index contributed by atoms with van der Waals surface area (Å²) in [5.41, 5.74) is 1.06. The minimum atomic E-state index is -0.0256. The molecule has 0 bridgehead atoms. The summed E-state index contributed by atoms with van der Waals surface area (Å²) in [6.07, 6.45) is 1.51. The highest BCUT2D eigenvalue weighted by Gasteiger charge is 2.13. The number of para-hydroxylation sites is 1. The second-order valence-electron chi connectivity index (χ2n) is 4.38. The summed E-state index contributed by atoms with van der Waals surface area (Å²) in [4.78, 5) is 13.8. The predicted molar refractivity (Wildman–Crippen MR) is 72.4 cm³/mol. The molecule has 0 spiro atoms. The summed E-state index contributed by atoms with van der Waals surface area (Å²) in [7, 11) is 3.54. The second kappa shape index (κ2) is 6.20. The van der Waals surface area contributed by atoms with E-state index in [0.29, 0.717) is 18.8 Å². The van der Waals surface area contributed by atoms with E-state index in [4.69, 9.17) is 9.15 Å². The molecule has 0 radical (unpaired) electrons. The molecule has 0 aliphatic carbocycles. The van der Waals surface area contributed by atoms with Gasteiger partial charge in [0.2, 0.25) is 5.78 Å². The number of carbonyl (C=O) groups is 1. The van der Waals surface area contributed by atoms with Gasteiger partial charge in [-0.05, 0) is 25.2 Å². The molecule has 0 aliphatic heterocycles. The number of Topliss-reactive ketones (excluding diaryl/α,β-unsaturated/α-hetero) is 1. The number of ether oxygens (including phenoxy) is 1. The highest BCUT2D eigenvalue weighted by atomic mass is 16.5. The Morgan fingerprint density at radius 2 is 2.05 bits per heavy atom. The van der Waals surface area contributed by atoms with E-state index in [9.17, 15) is 4.79 Å². The van der Waals surface area contributed by atoms with E-state index in [1.165, 1.54) is 6.26 Å². The number of benzene rings is 1. The summed E-state index contributed by atoms with van der Waals surface area (Å²) in [5.74, 6) is 1.20. The van der Waals surface area contributed by atoms with Gasteiger partial charge in [-0.3, -0.25) is 9.69 Å². The molecule has 1 aromatic heterocycles. The Labute approximate surface area is 112 Å². The molecule has 19 heavy (non-hydrogen) atoms.